The van der Waals surface area contributed by atoms with Gasteiger partial charge in [0.25, 0.3) is 11.8 Å². The van der Waals surface area contributed by atoms with Gasteiger partial charge < -0.3 is 29.5 Å². The standard InChI is InChI=1S/C40H43N3O7Si/c1-26-38(51(3,4)30-17-15-29(48-2)16-18-30)35(23-36(45)42(20-21-44)24-27-10-6-5-7-11-27)50-40(26)31-22-28(14-19-32(31)41-39(40)47)43-33-12-8-9-13-34(33)49-25-37(43)46/h5-19,22,26,35,38,44H,20-21,23-25H2,1-4H3,(H,41,47)/t26-,35+,38-,40+/m0/s1. The van der Waals surface area contributed by atoms with Crippen molar-refractivity contribution in [2.24, 2.45) is 5.92 Å². The minimum Gasteiger partial charge on any atom is -0.497 e. The first-order valence-electron chi connectivity index (χ1n) is 17.3. The van der Waals surface area contributed by atoms with Gasteiger partial charge in [-0.15, -0.1) is 0 Å². The van der Waals surface area contributed by atoms with Crippen LogP contribution in [0.5, 0.6) is 11.5 Å². The Morgan fingerprint density at radius 1 is 1.02 bits per heavy atom. The van der Waals surface area contributed by atoms with Crippen molar-refractivity contribution in [3.8, 4) is 11.5 Å². The zero-order chi connectivity index (χ0) is 35.9. The molecule has 3 aliphatic heterocycles. The summed E-state index contributed by atoms with van der Waals surface area (Å²) >= 11 is 0. The first-order chi connectivity index (χ1) is 24.6. The van der Waals surface area contributed by atoms with E-state index in [1.807, 2.05) is 84.9 Å². The minimum atomic E-state index is -2.51. The van der Waals surface area contributed by atoms with Gasteiger partial charge in [0.15, 0.2) is 12.2 Å². The normalized spacial score (nSPS) is 22.3. The Morgan fingerprint density at radius 2 is 1.75 bits per heavy atom. The van der Waals surface area contributed by atoms with Gasteiger partial charge in [-0.3, -0.25) is 19.3 Å². The molecule has 3 heterocycles. The lowest BCUT2D eigenvalue weighted by Gasteiger charge is -2.37. The van der Waals surface area contributed by atoms with Gasteiger partial charge in [-0.1, -0.05) is 79.8 Å². The van der Waals surface area contributed by atoms with E-state index < -0.39 is 19.8 Å². The Morgan fingerprint density at radius 3 is 2.47 bits per heavy atom. The summed E-state index contributed by atoms with van der Waals surface area (Å²) in [4.78, 5) is 45.2. The maximum atomic E-state index is 14.4. The highest BCUT2D eigenvalue weighted by molar-refractivity contribution is 6.91. The van der Waals surface area contributed by atoms with Crippen molar-refractivity contribution < 1.29 is 33.7 Å². The highest BCUT2D eigenvalue weighted by Gasteiger charge is 2.65. The van der Waals surface area contributed by atoms with E-state index in [2.05, 4.69) is 37.5 Å². The van der Waals surface area contributed by atoms with Crippen LogP contribution in [0, 0.1) is 5.92 Å². The van der Waals surface area contributed by atoms with Gasteiger partial charge in [0, 0.05) is 35.9 Å². The third-order valence-corrected chi connectivity index (χ3v) is 15.2. The molecule has 1 spiro atoms. The zero-order valence-corrected chi connectivity index (χ0v) is 30.3. The molecule has 7 rings (SSSR count). The molecule has 10 nitrogen and oxygen atoms in total. The summed E-state index contributed by atoms with van der Waals surface area (Å²) in [5.41, 5.74) is 1.85. The fourth-order valence-electron chi connectivity index (χ4n) is 8.36. The highest BCUT2D eigenvalue weighted by Crippen LogP contribution is 2.59. The van der Waals surface area contributed by atoms with Crippen molar-refractivity contribution >= 4 is 48.0 Å². The van der Waals surface area contributed by atoms with Crippen LogP contribution in [-0.2, 0) is 31.3 Å². The number of amides is 3. The highest BCUT2D eigenvalue weighted by atomic mass is 28.3. The molecule has 1 saturated heterocycles. The average Bonchev–Trinajstić information content (AvgIpc) is 3.59. The molecule has 264 valence electrons. The van der Waals surface area contributed by atoms with Gasteiger partial charge in [-0.2, -0.15) is 0 Å². The largest absolute Gasteiger partial charge is 0.497 e. The second kappa shape index (κ2) is 13.6. The summed E-state index contributed by atoms with van der Waals surface area (Å²) in [6, 6.07) is 30.6. The second-order valence-corrected chi connectivity index (χ2v) is 18.7. The molecule has 1 fully saturated rings. The molecule has 4 aromatic rings. The summed E-state index contributed by atoms with van der Waals surface area (Å²) in [7, 11) is -0.877. The summed E-state index contributed by atoms with van der Waals surface area (Å²) < 4.78 is 18.2. The number of fused-ring (bicyclic) bond motifs is 3. The number of hydrogen-bond donors (Lipinski definition) is 2. The number of aliphatic hydroxyl groups excluding tert-OH is 1. The molecule has 0 radical (unpaired) electrons. The number of anilines is 3. The minimum absolute atomic E-state index is 0.0355. The molecule has 0 aliphatic carbocycles. The van der Waals surface area contributed by atoms with Crippen LogP contribution in [0.2, 0.25) is 18.6 Å². The van der Waals surface area contributed by atoms with Crippen molar-refractivity contribution in [1.29, 1.82) is 0 Å². The molecular formula is C40H43N3O7Si. The third-order valence-electron chi connectivity index (χ3n) is 10.9. The Bertz CT molecular complexity index is 1950. The number of aliphatic hydroxyl groups is 1. The fraction of sp³-hybridized carbons (Fsp3) is 0.325. The number of benzene rings is 4. The first kappa shape index (κ1) is 34.5. The smallest absolute Gasteiger partial charge is 0.269 e. The SMILES string of the molecule is COc1ccc([Si](C)(C)[C@@H]2[C@@H](CC(=O)N(CCO)Cc3ccccc3)O[C@]3(C(=O)Nc4ccc(N5C(=O)COc6ccccc65)cc43)[C@H]2C)cc1. The van der Waals surface area contributed by atoms with E-state index in [1.54, 1.807) is 16.9 Å². The summed E-state index contributed by atoms with van der Waals surface area (Å²) in [5.74, 6) is 0.335. The van der Waals surface area contributed by atoms with Gasteiger partial charge >= 0.3 is 0 Å². The Kier molecular flexibility index (Phi) is 9.21. The van der Waals surface area contributed by atoms with Crippen LogP contribution in [0.1, 0.15) is 24.5 Å². The predicted molar refractivity (Wildman–Crippen MR) is 197 cm³/mol. The number of carbonyl (C=O) groups is 3. The summed E-state index contributed by atoms with van der Waals surface area (Å²) in [6.07, 6.45) is -0.576. The maximum Gasteiger partial charge on any atom is 0.269 e. The van der Waals surface area contributed by atoms with Crippen LogP contribution in [0.15, 0.2) is 97.1 Å². The van der Waals surface area contributed by atoms with Crippen LogP contribution >= 0.6 is 0 Å². The van der Waals surface area contributed by atoms with Gasteiger partial charge in [0.05, 0.1) is 40.0 Å². The number of para-hydroxylation sites is 2. The van der Waals surface area contributed by atoms with E-state index in [0.717, 1.165) is 16.5 Å². The van der Waals surface area contributed by atoms with Gasteiger partial charge in [-0.25, -0.2) is 0 Å². The van der Waals surface area contributed by atoms with Crippen LogP contribution in [0.25, 0.3) is 0 Å². The topological polar surface area (TPSA) is 118 Å². The van der Waals surface area contributed by atoms with Crippen LogP contribution < -0.4 is 24.9 Å². The number of rotatable bonds is 10. The lowest BCUT2D eigenvalue weighted by molar-refractivity contribution is -0.148. The zero-order valence-electron chi connectivity index (χ0n) is 29.3. The van der Waals surface area contributed by atoms with E-state index in [4.69, 9.17) is 14.2 Å². The molecule has 4 atom stereocenters. The molecule has 0 unspecified atom stereocenters. The van der Waals surface area contributed by atoms with E-state index in [1.165, 1.54) is 0 Å². The van der Waals surface area contributed by atoms with Crippen molar-refractivity contribution in [2.75, 3.05) is 37.1 Å². The number of hydrogen-bond acceptors (Lipinski definition) is 7. The molecule has 3 aliphatic rings. The van der Waals surface area contributed by atoms with E-state index in [-0.39, 0.29) is 55.4 Å². The molecule has 11 heteroatoms. The number of carbonyl (C=O) groups excluding carboxylic acids is 3. The lowest BCUT2D eigenvalue weighted by atomic mass is 9.82. The van der Waals surface area contributed by atoms with E-state index in [0.29, 0.717) is 34.9 Å². The molecule has 0 saturated carbocycles. The predicted octanol–water partition coefficient (Wildman–Crippen LogP) is 5.33. The van der Waals surface area contributed by atoms with Gasteiger partial charge in [0.2, 0.25) is 5.91 Å². The van der Waals surface area contributed by atoms with Crippen molar-refractivity contribution in [2.45, 2.75) is 50.2 Å². The Labute approximate surface area is 298 Å². The second-order valence-electron chi connectivity index (χ2n) is 14.1. The molecule has 0 aromatic heterocycles. The number of nitrogens with one attached hydrogen (secondary N) is 1. The maximum absolute atomic E-state index is 14.4. The average molecular weight is 706 g/mol. The Balaban J connectivity index is 1.30. The van der Waals surface area contributed by atoms with Crippen molar-refractivity contribution in [1.82, 2.24) is 4.90 Å². The number of nitrogens with zero attached hydrogens (tertiary/aromatic N) is 2. The molecule has 3 amide bonds. The monoisotopic (exact) mass is 705 g/mol. The van der Waals surface area contributed by atoms with E-state index >= 15 is 0 Å². The van der Waals surface area contributed by atoms with Gasteiger partial charge in [0.1, 0.15) is 11.5 Å². The van der Waals surface area contributed by atoms with Crippen LogP contribution in [-0.4, -0.2) is 68.8 Å². The molecule has 2 N–H and O–H groups in total. The molecular weight excluding hydrogens is 663 g/mol. The van der Waals surface area contributed by atoms with Gasteiger partial charge in [-0.05, 0) is 53.6 Å². The van der Waals surface area contributed by atoms with Crippen LogP contribution in [0.4, 0.5) is 17.1 Å². The fourth-order valence-corrected chi connectivity index (χ4v) is 12.4. The van der Waals surface area contributed by atoms with E-state index in [9.17, 15) is 19.5 Å². The lowest BCUT2D eigenvalue weighted by Crippen LogP contribution is -2.52. The van der Waals surface area contributed by atoms with Crippen molar-refractivity contribution in [3.05, 3.63) is 108 Å². The summed E-state index contributed by atoms with van der Waals surface area (Å²) in [6.45, 7) is 6.82. The third kappa shape index (κ3) is 5.98. The van der Waals surface area contributed by atoms with Crippen molar-refractivity contribution in [3.63, 3.8) is 0 Å². The first-order valence-corrected chi connectivity index (χ1v) is 20.4. The molecule has 51 heavy (non-hydrogen) atoms. The van der Waals surface area contributed by atoms with Crippen LogP contribution in [0.3, 0.4) is 0 Å². The number of ether oxygens (including phenoxy) is 3. The number of methoxy groups -OCH3 is 1. The summed E-state index contributed by atoms with van der Waals surface area (Å²) in [5, 5.41) is 14.2. The molecule has 4 aromatic carbocycles. The molecule has 0 bridgehead atoms. The Hall–Kier alpha value is -4.97. The quantitative estimate of drug-likeness (QED) is 0.214.